The highest BCUT2D eigenvalue weighted by molar-refractivity contribution is 6.31. The number of fused-ring (bicyclic) bond motifs is 3. The number of halogens is 2. The molecule has 3 rings (SSSR count). The minimum atomic E-state index is 0.527. The molecular formula is C12H9Cl2N3. The molecule has 17 heavy (non-hydrogen) atoms. The fourth-order valence-electron chi connectivity index (χ4n) is 2.04. The molecule has 1 aliphatic rings. The molecule has 1 aliphatic heterocycles. The average Bonchev–Trinajstić information content (AvgIpc) is 2.49. The zero-order valence-electron chi connectivity index (χ0n) is 8.87. The van der Waals surface area contributed by atoms with Crippen LogP contribution in [-0.2, 0) is 6.42 Å². The summed E-state index contributed by atoms with van der Waals surface area (Å²) in [7, 11) is 0. The number of rotatable bonds is 0. The molecule has 0 bridgehead atoms. The zero-order chi connectivity index (χ0) is 11.8. The molecule has 86 valence electrons. The largest absolute Gasteiger partial charge is 0.384 e. The lowest BCUT2D eigenvalue weighted by Crippen LogP contribution is -2.03. The fourth-order valence-corrected chi connectivity index (χ4v) is 2.44. The average molecular weight is 266 g/mol. The molecule has 2 heterocycles. The van der Waals surface area contributed by atoms with E-state index in [0.29, 0.717) is 10.2 Å². The van der Waals surface area contributed by atoms with Gasteiger partial charge in [-0.2, -0.15) is 0 Å². The van der Waals surface area contributed by atoms with Gasteiger partial charge in [0, 0.05) is 28.4 Å². The fraction of sp³-hybridized carbons (Fsp3) is 0.167. The number of nitrogens with one attached hydrogen (secondary N) is 1. The van der Waals surface area contributed by atoms with Crippen LogP contribution in [0.4, 0.5) is 5.69 Å². The van der Waals surface area contributed by atoms with Gasteiger partial charge in [0.25, 0.3) is 0 Å². The van der Waals surface area contributed by atoms with E-state index in [1.54, 1.807) is 0 Å². The first kappa shape index (κ1) is 10.8. The molecule has 0 spiro atoms. The summed E-state index contributed by atoms with van der Waals surface area (Å²) in [6.07, 6.45) is 2.30. The van der Waals surface area contributed by atoms with Crippen molar-refractivity contribution in [1.29, 1.82) is 0 Å². The van der Waals surface area contributed by atoms with Crippen LogP contribution in [-0.4, -0.2) is 16.5 Å². The van der Waals surface area contributed by atoms with Gasteiger partial charge >= 0.3 is 0 Å². The molecule has 0 radical (unpaired) electrons. The number of anilines is 1. The molecule has 0 unspecified atom stereocenters. The summed E-state index contributed by atoms with van der Waals surface area (Å²) >= 11 is 12.1. The number of nitrogens with zero attached hydrogens (tertiary/aromatic N) is 2. The second-order valence-electron chi connectivity index (χ2n) is 3.86. The van der Waals surface area contributed by atoms with Crippen molar-refractivity contribution in [1.82, 2.24) is 9.97 Å². The van der Waals surface area contributed by atoms with Crippen LogP contribution < -0.4 is 5.32 Å². The summed E-state index contributed by atoms with van der Waals surface area (Å²) < 4.78 is 0. The second-order valence-corrected chi connectivity index (χ2v) is 4.65. The van der Waals surface area contributed by atoms with Crippen LogP contribution in [0, 0.1) is 0 Å². The SMILES string of the molecule is Clc1ccc2c(c1)NCCc1c(Cl)ncnc1-2. The first-order chi connectivity index (χ1) is 8.25. The summed E-state index contributed by atoms with van der Waals surface area (Å²) in [6, 6.07) is 5.72. The van der Waals surface area contributed by atoms with E-state index in [2.05, 4.69) is 15.3 Å². The molecule has 1 aromatic carbocycles. The molecule has 0 fully saturated rings. The monoisotopic (exact) mass is 265 g/mol. The van der Waals surface area contributed by atoms with E-state index in [1.165, 1.54) is 6.33 Å². The maximum Gasteiger partial charge on any atom is 0.136 e. The van der Waals surface area contributed by atoms with Gasteiger partial charge in [-0.3, -0.25) is 0 Å². The van der Waals surface area contributed by atoms with Gasteiger partial charge in [-0.1, -0.05) is 23.2 Å². The number of benzene rings is 1. The molecule has 0 saturated heterocycles. The van der Waals surface area contributed by atoms with Crippen LogP contribution in [0.2, 0.25) is 10.2 Å². The van der Waals surface area contributed by atoms with Gasteiger partial charge in [0.15, 0.2) is 0 Å². The van der Waals surface area contributed by atoms with Crippen molar-refractivity contribution in [3.63, 3.8) is 0 Å². The summed E-state index contributed by atoms with van der Waals surface area (Å²) in [4.78, 5) is 8.36. The second kappa shape index (κ2) is 4.17. The van der Waals surface area contributed by atoms with Crippen molar-refractivity contribution in [3.05, 3.63) is 40.3 Å². The maximum absolute atomic E-state index is 6.11. The van der Waals surface area contributed by atoms with E-state index >= 15 is 0 Å². The van der Waals surface area contributed by atoms with E-state index in [-0.39, 0.29) is 0 Å². The van der Waals surface area contributed by atoms with Gasteiger partial charge < -0.3 is 5.32 Å². The Morgan fingerprint density at radius 3 is 2.94 bits per heavy atom. The minimum Gasteiger partial charge on any atom is -0.384 e. The third kappa shape index (κ3) is 1.85. The van der Waals surface area contributed by atoms with Crippen molar-refractivity contribution in [2.75, 3.05) is 11.9 Å². The first-order valence-corrected chi connectivity index (χ1v) is 6.04. The van der Waals surface area contributed by atoms with Gasteiger partial charge in [0.2, 0.25) is 0 Å². The summed E-state index contributed by atoms with van der Waals surface area (Å²) in [6.45, 7) is 0.799. The topological polar surface area (TPSA) is 37.8 Å². The van der Waals surface area contributed by atoms with Gasteiger partial charge in [-0.05, 0) is 24.6 Å². The van der Waals surface area contributed by atoms with Gasteiger partial charge in [-0.25, -0.2) is 9.97 Å². The molecule has 0 amide bonds. The van der Waals surface area contributed by atoms with Crippen LogP contribution in [0.1, 0.15) is 5.56 Å². The molecule has 5 heteroatoms. The molecule has 2 aromatic rings. The Kier molecular flexibility index (Phi) is 2.65. The summed E-state index contributed by atoms with van der Waals surface area (Å²) in [5, 5.41) is 4.56. The van der Waals surface area contributed by atoms with E-state index in [4.69, 9.17) is 23.2 Å². The van der Waals surface area contributed by atoms with E-state index in [1.807, 2.05) is 18.2 Å². The molecular weight excluding hydrogens is 257 g/mol. The van der Waals surface area contributed by atoms with Crippen LogP contribution in [0.5, 0.6) is 0 Å². The quantitative estimate of drug-likeness (QED) is 0.742. The van der Waals surface area contributed by atoms with Crippen LogP contribution >= 0.6 is 23.2 Å². The Labute approximate surface area is 109 Å². The molecule has 3 nitrogen and oxygen atoms in total. The lowest BCUT2D eigenvalue weighted by molar-refractivity contribution is 1.000. The zero-order valence-corrected chi connectivity index (χ0v) is 10.4. The predicted molar refractivity (Wildman–Crippen MR) is 69.7 cm³/mol. The van der Waals surface area contributed by atoms with E-state index < -0.39 is 0 Å². The Hall–Kier alpha value is -1.32. The van der Waals surface area contributed by atoms with Crippen LogP contribution in [0.25, 0.3) is 11.3 Å². The Bertz CT molecular complexity index is 584. The minimum absolute atomic E-state index is 0.527. The molecule has 0 aliphatic carbocycles. The number of hydrogen-bond acceptors (Lipinski definition) is 3. The highest BCUT2D eigenvalue weighted by atomic mass is 35.5. The Morgan fingerprint density at radius 2 is 2.06 bits per heavy atom. The van der Waals surface area contributed by atoms with Crippen molar-refractivity contribution in [2.24, 2.45) is 0 Å². The standard InChI is InChI=1S/C12H9Cl2N3/c13-7-1-2-8-10(5-7)15-4-3-9-11(8)16-6-17-12(9)14/h1-2,5-6,15H,3-4H2. The molecule has 1 aromatic heterocycles. The lowest BCUT2D eigenvalue weighted by Gasteiger charge is -2.08. The van der Waals surface area contributed by atoms with Crippen molar-refractivity contribution < 1.29 is 0 Å². The van der Waals surface area contributed by atoms with Gasteiger partial charge in [0.05, 0.1) is 5.69 Å². The lowest BCUT2D eigenvalue weighted by atomic mass is 10.1. The van der Waals surface area contributed by atoms with E-state index in [9.17, 15) is 0 Å². The maximum atomic E-state index is 6.11. The van der Waals surface area contributed by atoms with Gasteiger partial charge in [0.1, 0.15) is 11.5 Å². The third-order valence-corrected chi connectivity index (χ3v) is 3.38. The van der Waals surface area contributed by atoms with Crippen molar-refractivity contribution in [3.8, 4) is 11.3 Å². The molecule has 0 saturated carbocycles. The van der Waals surface area contributed by atoms with Crippen LogP contribution in [0.3, 0.4) is 0 Å². The summed E-state index contributed by atoms with van der Waals surface area (Å²) in [5.41, 5.74) is 3.89. The predicted octanol–water partition coefficient (Wildman–Crippen LogP) is 3.42. The van der Waals surface area contributed by atoms with Crippen molar-refractivity contribution >= 4 is 28.9 Å². The third-order valence-electron chi connectivity index (χ3n) is 2.82. The van der Waals surface area contributed by atoms with Gasteiger partial charge in [-0.15, -0.1) is 0 Å². The van der Waals surface area contributed by atoms with E-state index in [0.717, 1.165) is 35.5 Å². The van der Waals surface area contributed by atoms with Crippen LogP contribution in [0.15, 0.2) is 24.5 Å². The smallest absolute Gasteiger partial charge is 0.136 e. The van der Waals surface area contributed by atoms with Crippen molar-refractivity contribution in [2.45, 2.75) is 6.42 Å². The normalized spacial score (nSPS) is 13.3. The molecule has 1 N–H and O–H groups in total. The Balaban J connectivity index is 2.28. The molecule has 0 atom stereocenters. The Morgan fingerprint density at radius 1 is 1.18 bits per heavy atom. The highest BCUT2D eigenvalue weighted by Gasteiger charge is 2.18. The highest BCUT2D eigenvalue weighted by Crippen LogP contribution is 2.35. The first-order valence-electron chi connectivity index (χ1n) is 5.29. The summed E-state index contributed by atoms with van der Waals surface area (Å²) in [5.74, 6) is 0. The number of hydrogen-bond donors (Lipinski definition) is 1. The number of aromatic nitrogens is 2.